The molecule has 0 unspecified atom stereocenters. The number of nitrogens with one attached hydrogen (secondary N) is 1. The number of aromatic nitrogens is 1. The van der Waals surface area contributed by atoms with Gasteiger partial charge in [-0.25, -0.2) is 8.42 Å². The zero-order chi connectivity index (χ0) is 22.0. The first-order chi connectivity index (χ1) is 14.9. The van der Waals surface area contributed by atoms with Crippen molar-refractivity contribution in [1.82, 2.24) is 9.29 Å². The molecule has 1 N–H and O–H groups in total. The molecule has 2 aromatic carbocycles. The van der Waals surface area contributed by atoms with Crippen molar-refractivity contribution in [3.63, 3.8) is 0 Å². The van der Waals surface area contributed by atoms with E-state index < -0.39 is 10.0 Å². The third-order valence-electron chi connectivity index (χ3n) is 5.90. The van der Waals surface area contributed by atoms with Crippen LogP contribution in [0, 0.1) is 5.92 Å². The Kier molecular flexibility index (Phi) is 6.07. The van der Waals surface area contributed by atoms with E-state index in [2.05, 4.69) is 24.1 Å². The van der Waals surface area contributed by atoms with Crippen LogP contribution in [0.4, 0.5) is 5.69 Å². The quantitative estimate of drug-likeness (QED) is 0.642. The molecule has 0 bridgehead atoms. The number of sulfonamides is 1. The van der Waals surface area contributed by atoms with E-state index in [1.807, 2.05) is 42.5 Å². The first-order valence-electron chi connectivity index (χ1n) is 10.6. The molecule has 4 rings (SSSR count). The van der Waals surface area contributed by atoms with Crippen LogP contribution in [0.3, 0.4) is 0 Å². The van der Waals surface area contributed by atoms with E-state index in [4.69, 9.17) is 0 Å². The summed E-state index contributed by atoms with van der Waals surface area (Å²) >= 11 is 0. The molecule has 162 valence electrons. The monoisotopic (exact) mass is 437 g/mol. The Morgan fingerprint density at radius 1 is 1.03 bits per heavy atom. The van der Waals surface area contributed by atoms with Crippen molar-refractivity contribution >= 4 is 32.5 Å². The van der Waals surface area contributed by atoms with E-state index in [9.17, 15) is 13.2 Å². The summed E-state index contributed by atoms with van der Waals surface area (Å²) < 4.78 is 27.5. The number of fused-ring (bicyclic) bond motifs is 1. The summed E-state index contributed by atoms with van der Waals surface area (Å²) in [5.74, 6) is 0.0353. The summed E-state index contributed by atoms with van der Waals surface area (Å²) in [4.78, 5) is 17.5. The molecule has 1 aliphatic heterocycles. The van der Waals surface area contributed by atoms with Gasteiger partial charge in [0, 0.05) is 30.6 Å². The van der Waals surface area contributed by atoms with E-state index in [1.54, 1.807) is 18.3 Å². The van der Waals surface area contributed by atoms with E-state index in [0.717, 1.165) is 16.5 Å². The number of piperidine rings is 1. The summed E-state index contributed by atoms with van der Waals surface area (Å²) in [5, 5.41) is 3.95. The summed E-state index contributed by atoms with van der Waals surface area (Å²) in [6.07, 6.45) is 2.69. The van der Waals surface area contributed by atoms with Gasteiger partial charge in [0.1, 0.15) is 0 Å². The Balaban J connectivity index is 1.41. The third kappa shape index (κ3) is 4.48. The fourth-order valence-corrected chi connectivity index (χ4v) is 5.44. The van der Waals surface area contributed by atoms with Crippen LogP contribution in [0.15, 0.2) is 65.7 Å². The van der Waals surface area contributed by atoms with E-state index in [-0.39, 0.29) is 11.8 Å². The van der Waals surface area contributed by atoms with Crippen LogP contribution >= 0.6 is 0 Å². The number of para-hydroxylation sites is 1. The molecule has 0 spiro atoms. The zero-order valence-electron chi connectivity index (χ0n) is 17.8. The van der Waals surface area contributed by atoms with Gasteiger partial charge in [-0.2, -0.15) is 4.31 Å². The highest BCUT2D eigenvalue weighted by Gasteiger charge is 2.32. The molecule has 0 saturated carbocycles. The number of carbonyl (C=O) groups excluding carboxylic acids is 1. The number of hydrogen-bond acceptors (Lipinski definition) is 4. The second kappa shape index (κ2) is 8.77. The lowest BCUT2D eigenvalue weighted by molar-refractivity contribution is -0.120. The van der Waals surface area contributed by atoms with Crippen LogP contribution in [0.25, 0.3) is 10.9 Å². The van der Waals surface area contributed by atoms with Crippen LogP contribution in [0.2, 0.25) is 0 Å². The number of pyridine rings is 1. The van der Waals surface area contributed by atoms with Gasteiger partial charge in [0.25, 0.3) is 0 Å². The first-order valence-corrected chi connectivity index (χ1v) is 12.0. The predicted octanol–water partition coefficient (Wildman–Crippen LogP) is 4.40. The number of anilines is 1. The minimum absolute atomic E-state index is 0.0866. The SMILES string of the molecule is CC(C)c1ccc(S(=O)(=O)N2CCC(C(=O)Nc3cccc4cccnc34)CC2)cc1. The number of nitrogens with zero attached hydrogens (tertiary/aromatic N) is 2. The van der Waals surface area contributed by atoms with Crippen LogP contribution < -0.4 is 5.32 Å². The van der Waals surface area contributed by atoms with Crippen molar-refractivity contribution in [2.24, 2.45) is 5.92 Å². The molecule has 31 heavy (non-hydrogen) atoms. The van der Waals surface area contributed by atoms with Gasteiger partial charge < -0.3 is 5.32 Å². The van der Waals surface area contributed by atoms with Gasteiger partial charge in [-0.1, -0.05) is 44.2 Å². The Morgan fingerprint density at radius 2 is 1.71 bits per heavy atom. The highest BCUT2D eigenvalue weighted by molar-refractivity contribution is 7.89. The van der Waals surface area contributed by atoms with Crippen molar-refractivity contribution < 1.29 is 13.2 Å². The second-order valence-electron chi connectivity index (χ2n) is 8.27. The fraction of sp³-hybridized carbons (Fsp3) is 0.333. The van der Waals surface area contributed by atoms with E-state index in [0.29, 0.717) is 42.4 Å². The van der Waals surface area contributed by atoms with Crippen molar-refractivity contribution in [3.05, 3.63) is 66.4 Å². The maximum absolute atomic E-state index is 13.0. The van der Waals surface area contributed by atoms with E-state index in [1.165, 1.54) is 4.31 Å². The number of rotatable bonds is 5. The smallest absolute Gasteiger partial charge is 0.243 e. The van der Waals surface area contributed by atoms with Crippen LogP contribution in [0.5, 0.6) is 0 Å². The van der Waals surface area contributed by atoms with Gasteiger partial charge in [0.2, 0.25) is 15.9 Å². The normalized spacial score (nSPS) is 16.0. The van der Waals surface area contributed by atoms with Gasteiger partial charge in [0.15, 0.2) is 0 Å². The highest BCUT2D eigenvalue weighted by atomic mass is 32.2. The number of benzene rings is 2. The minimum atomic E-state index is -3.55. The highest BCUT2D eigenvalue weighted by Crippen LogP contribution is 2.27. The molecule has 3 aromatic rings. The molecule has 1 amide bonds. The third-order valence-corrected chi connectivity index (χ3v) is 7.81. The first kappa shape index (κ1) is 21.5. The summed E-state index contributed by atoms with van der Waals surface area (Å²) in [5.41, 5.74) is 2.55. The number of hydrogen-bond donors (Lipinski definition) is 1. The molecule has 2 heterocycles. The van der Waals surface area contributed by atoms with Gasteiger partial charge in [-0.15, -0.1) is 0 Å². The molecule has 7 heteroatoms. The van der Waals surface area contributed by atoms with Crippen molar-refractivity contribution in [3.8, 4) is 0 Å². The molecule has 1 saturated heterocycles. The van der Waals surface area contributed by atoms with Crippen molar-refractivity contribution in [2.45, 2.75) is 37.5 Å². The van der Waals surface area contributed by atoms with Crippen LogP contribution in [-0.4, -0.2) is 36.7 Å². The molecule has 1 aromatic heterocycles. The molecule has 0 radical (unpaired) electrons. The Labute approximate surface area is 183 Å². The standard InChI is InChI=1S/C24H27N3O3S/c1-17(2)18-8-10-21(11-9-18)31(29,30)27-15-12-20(13-16-27)24(28)26-22-7-3-5-19-6-4-14-25-23(19)22/h3-11,14,17,20H,12-13,15-16H2,1-2H3,(H,26,28). The van der Waals surface area contributed by atoms with Crippen LogP contribution in [0.1, 0.15) is 38.2 Å². The lowest BCUT2D eigenvalue weighted by Crippen LogP contribution is -2.41. The molecular weight excluding hydrogens is 410 g/mol. The summed E-state index contributed by atoms with van der Waals surface area (Å²) in [6, 6.07) is 16.6. The average Bonchev–Trinajstić information content (AvgIpc) is 2.79. The molecule has 0 aliphatic carbocycles. The fourth-order valence-electron chi connectivity index (χ4n) is 3.97. The van der Waals surface area contributed by atoms with Crippen LogP contribution in [-0.2, 0) is 14.8 Å². The molecule has 0 atom stereocenters. The van der Waals surface area contributed by atoms with Gasteiger partial charge in [-0.3, -0.25) is 9.78 Å². The van der Waals surface area contributed by atoms with Crippen molar-refractivity contribution in [1.29, 1.82) is 0 Å². The number of amides is 1. The lowest BCUT2D eigenvalue weighted by Gasteiger charge is -2.30. The maximum Gasteiger partial charge on any atom is 0.243 e. The van der Waals surface area contributed by atoms with E-state index >= 15 is 0 Å². The van der Waals surface area contributed by atoms with Crippen molar-refractivity contribution in [2.75, 3.05) is 18.4 Å². The van der Waals surface area contributed by atoms with Gasteiger partial charge in [-0.05, 0) is 48.6 Å². The Morgan fingerprint density at radius 3 is 2.39 bits per heavy atom. The predicted molar refractivity (Wildman–Crippen MR) is 122 cm³/mol. The summed E-state index contributed by atoms with van der Waals surface area (Å²) in [6.45, 7) is 4.82. The maximum atomic E-state index is 13.0. The largest absolute Gasteiger partial charge is 0.324 e. The molecular formula is C24H27N3O3S. The number of carbonyl (C=O) groups is 1. The lowest BCUT2D eigenvalue weighted by atomic mass is 9.97. The topological polar surface area (TPSA) is 79.4 Å². The molecule has 1 fully saturated rings. The molecule has 1 aliphatic rings. The molecule has 6 nitrogen and oxygen atoms in total. The average molecular weight is 438 g/mol. The zero-order valence-corrected chi connectivity index (χ0v) is 18.6. The second-order valence-corrected chi connectivity index (χ2v) is 10.2. The van der Waals surface area contributed by atoms with Gasteiger partial charge in [0.05, 0.1) is 16.1 Å². The summed E-state index contributed by atoms with van der Waals surface area (Å²) in [7, 11) is -3.55. The Bertz CT molecular complexity index is 1180. The minimum Gasteiger partial charge on any atom is -0.324 e. The van der Waals surface area contributed by atoms with Gasteiger partial charge >= 0.3 is 0 Å². The Hall–Kier alpha value is -2.77.